The van der Waals surface area contributed by atoms with Gasteiger partial charge in [0.15, 0.2) is 0 Å². The number of hydrogen-bond acceptors (Lipinski definition) is 2. The zero-order chi connectivity index (χ0) is 15.9. The van der Waals surface area contributed by atoms with Crippen LogP contribution in [0.5, 0.6) is 0 Å². The quantitative estimate of drug-likeness (QED) is 0.865. The maximum atomic E-state index is 12.1. The lowest BCUT2D eigenvalue weighted by atomic mass is 10.1. The second-order valence-electron chi connectivity index (χ2n) is 4.89. The van der Waals surface area contributed by atoms with Crippen molar-refractivity contribution in [3.63, 3.8) is 0 Å². The second kappa shape index (κ2) is 8.18. The summed E-state index contributed by atoms with van der Waals surface area (Å²) in [4.78, 5) is 12.1. The molecule has 22 heavy (non-hydrogen) atoms. The Balaban J connectivity index is 1.95. The van der Waals surface area contributed by atoms with E-state index in [2.05, 4.69) is 5.32 Å². The largest absolute Gasteiger partial charge is 0.380 e. The molecule has 0 fully saturated rings. The Morgan fingerprint density at radius 3 is 2.50 bits per heavy atom. The summed E-state index contributed by atoms with van der Waals surface area (Å²) in [5, 5.41) is 3.96. The Bertz CT molecular complexity index is 659. The first kappa shape index (κ1) is 16.8. The second-order valence-corrected chi connectivity index (χ2v) is 5.73. The van der Waals surface area contributed by atoms with Gasteiger partial charge in [0.25, 0.3) is 0 Å². The Hall–Kier alpha value is -1.55. The molecule has 0 radical (unpaired) electrons. The molecule has 0 atom stereocenters. The van der Waals surface area contributed by atoms with Gasteiger partial charge in [0.05, 0.1) is 13.0 Å². The number of hydrogen-bond donors (Lipinski definition) is 1. The van der Waals surface area contributed by atoms with Gasteiger partial charge in [-0.1, -0.05) is 53.5 Å². The number of nitrogens with one attached hydrogen (secondary N) is 1. The predicted octanol–water partition coefficient (Wildman–Crippen LogP) is 4.00. The van der Waals surface area contributed by atoms with Gasteiger partial charge in [-0.2, -0.15) is 0 Å². The Labute approximate surface area is 140 Å². The zero-order valence-electron chi connectivity index (χ0n) is 12.2. The highest BCUT2D eigenvalue weighted by Gasteiger charge is 2.08. The van der Waals surface area contributed by atoms with Crippen LogP contribution in [0, 0.1) is 0 Å². The van der Waals surface area contributed by atoms with Crippen LogP contribution in [0.3, 0.4) is 0 Å². The lowest BCUT2D eigenvalue weighted by Crippen LogP contribution is -2.25. The molecule has 0 bridgehead atoms. The van der Waals surface area contributed by atoms with Crippen LogP contribution >= 0.6 is 23.2 Å². The summed E-state index contributed by atoms with van der Waals surface area (Å²) in [7, 11) is 1.65. The third kappa shape index (κ3) is 4.73. The lowest BCUT2D eigenvalue weighted by molar-refractivity contribution is -0.120. The van der Waals surface area contributed by atoms with Gasteiger partial charge in [0.1, 0.15) is 0 Å². The number of carbonyl (C=O) groups excluding carboxylic acids is 1. The smallest absolute Gasteiger partial charge is 0.224 e. The van der Waals surface area contributed by atoms with Crippen molar-refractivity contribution >= 4 is 29.1 Å². The molecule has 2 aromatic rings. The van der Waals surface area contributed by atoms with Gasteiger partial charge < -0.3 is 10.1 Å². The summed E-state index contributed by atoms with van der Waals surface area (Å²) in [6, 6.07) is 13.0. The number of halogens is 2. The Morgan fingerprint density at radius 1 is 1.09 bits per heavy atom. The van der Waals surface area contributed by atoms with Crippen molar-refractivity contribution in [1.82, 2.24) is 5.32 Å². The first-order valence-corrected chi connectivity index (χ1v) is 7.62. The van der Waals surface area contributed by atoms with Crippen molar-refractivity contribution in [2.24, 2.45) is 0 Å². The standard InChI is InChI=1S/C17H17Cl2NO2/c1-22-11-14-5-3-2-4-13(14)10-20-17(21)8-12-6-7-15(18)9-16(12)19/h2-7,9H,8,10-11H2,1H3,(H,20,21). The minimum absolute atomic E-state index is 0.0866. The van der Waals surface area contributed by atoms with E-state index in [4.69, 9.17) is 27.9 Å². The third-order valence-corrected chi connectivity index (χ3v) is 3.85. The number of carbonyl (C=O) groups is 1. The highest BCUT2D eigenvalue weighted by molar-refractivity contribution is 6.35. The Morgan fingerprint density at radius 2 is 1.82 bits per heavy atom. The van der Waals surface area contributed by atoms with Crippen molar-refractivity contribution in [2.45, 2.75) is 19.6 Å². The van der Waals surface area contributed by atoms with Crippen LogP contribution in [0.1, 0.15) is 16.7 Å². The SMILES string of the molecule is COCc1ccccc1CNC(=O)Cc1ccc(Cl)cc1Cl. The molecule has 2 rings (SSSR count). The van der Waals surface area contributed by atoms with Gasteiger partial charge in [-0.05, 0) is 28.8 Å². The molecular formula is C17H17Cl2NO2. The average molecular weight is 338 g/mol. The van der Waals surface area contributed by atoms with Crippen LogP contribution in [0.4, 0.5) is 0 Å². The van der Waals surface area contributed by atoms with Crippen LogP contribution in [0.25, 0.3) is 0 Å². The van der Waals surface area contributed by atoms with Crippen molar-refractivity contribution < 1.29 is 9.53 Å². The predicted molar refractivity (Wildman–Crippen MR) is 89.2 cm³/mol. The maximum absolute atomic E-state index is 12.1. The summed E-state index contributed by atoms with van der Waals surface area (Å²) >= 11 is 11.9. The fourth-order valence-corrected chi connectivity index (χ4v) is 2.60. The fraction of sp³-hybridized carbons (Fsp3) is 0.235. The normalized spacial score (nSPS) is 10.5. The van der Waals surface area contributed by atoms with Gasteiger partial charge in [-0.15, -0.1) is 0 Å². The molecular weight excluding hydrogens is 321 g/mol. The number of amides is 1. The number of benzene rings is 2. The number of rotatable bonds is 6. The molecule has 0 unspecified atom stereocenters. The lowest BCUT2D eigenvalue weighted by Gasteiger charge is -2.10. The van der Waals surface area contributed by atoms with E-state index in [9.17, 15) is 4.79 Å². The monoisotopic (exact) mass is 337 g/mol. The minimum atomic E-state index is -0.0866. The third-order valence-electron chi connectivity index (χ3n) is 3.26. The average Bonchev–Trinajstić information content (AvgIpc) is 2.49. The van der Waals surface area contributed by atoms with E-state index in [1.165, 1.54) is 0 Å². The van der Waals surface area contributed by atoms with E-state index in [0.717, 1.165) is 16.7 Å². The van der Waals surface area contributed by atoms with Crippen LogP contribution in [-0.4, -0.2) is 13.0 Å². The van der Waals surface area contributed by atoms with Crippen LogP contribution in [-0.2, 0) is 29.1 Å². The van der Waals surface area contributed by atoms with Crippen molar-refractivity contribution in [1.29, 1.82) is 0 Å². The van der Waals surface area contributed by atoms with Gasteiger partial charge in [-0.25, -0.2) is 0 Å². The highest BCUT2D eigenvalue weighted by Crippen LogP contribution is 2.21. The van der Waals surface area contributed by atoms with Crippen molar-refractivity contribution in [3.05, 3.63) is 69.2 Å². The first-order valence-electron chi connectivity index (χ1n) is 6.86. The molecule has 5 heteroatoms. The van der Waals surface area contributed by atoms with Crippen LogP contribution in [0.2, 0.25) is 10.0 Å². The number of ether oxygens (including phenoxy) is 1. The summed E-state index contributed by atoms with van der Waals surface area (Å²) in [5.74, 6) is -0.0866. The van der Waals surface area contributed by atoms with E-state index in [-0.39, 0.29) is 12.3 Å². The van der Waals surface area contributed by atoms with Crippen molar-refractivity contribution in [2.75, 3.05) is 7.11 Å². The summed E-state index contributed by atoms with van der Waals surface area (Å²) < 4.78 is 5.16. The molecule has 1 amide bonds. The van der Waals surface area contributed by atoms with Crippen LogP contribution in [0.15, 0.2) is 42.5 Å². The van der Waals surface area contributed by atoms with Crippen LogP contribution < -0.4 is 5.32 Å². The van der Waals surface area contributed by atoms with E-state index in [1.54, 1.807) is 25.3 Å². The Kier molecular flexibility index (Phi) is 6.25. The van der Waals surface area contributed by atoms with Crippen molar-refractivity contribution in [3.8, 4) is 0 Å². The molecule has 0 saturated carbocycles. The molecule has 0 heterocycles. The molecule has 3 nitrogen and oxygen atoms in total. The number of methoxy groups -OCH3 is 1. The molecule has 0 spiro atoms. The molecule has 0 aromatic heterocycles. The molecule has 0 saturated heterocycles. The fourth-order valence-electron chi connectivity index (χ4n) is 2.12. The van der Waals surface area contributed by atoms with Gasteiger partial charge in [-0.3, -0.25) is 4.79 Å². The summed E-state index contributed by atoms with van der Waals surface area (Å²) in [6.07, 6.45) is 0.225. The topological polar surface area (TPSA) is 38.3 Å². The summed E-state index contributed by atoms with van der Waals surface area (Å²) in [6.45, 7) is 0.985. The maximum Gasteiger partial charge on any atom is 0.224 e. The molecule has 2 aromatic carbocycles. The first-order chi connectivity index (χ1) is 10.6. The van der Waals surface area contributed by atoms with E-state index in [1.807, 2.05) is 24.3 Å². The van der Waals surface area contributed by atoms with Gasteiger partial charge in [0.2, 0.25) is 5.91 Å². The molecule has 0 aliphatic carbocycles. The van der Waals surface area contributed by atoms with Gasteiger partial charge >= 0.3 is 0 Å². The summed E-state index contributed by atoms with van der Waals surface area (Å²) in [5.41, 5.74) is 2.86. The van der Waals surface area contributed by atoms with E-state index in [0.29, 0.717) is 23.2 Å². The highest BCUT2D eigenvalue weighted by atomic mass is 35.5. The molecule has 1 N–H and O–H groups in total. The minimum Gasteiger partial charge on any atom is -0.380 e. The molecule has 0 aliphatic rings. The van der Waals surface area contributed by atoms with E-state index >= 15 is 0 Å². The van der Waals surface area contributed by atoms with E-state index < -0.39 is 0 Å². The zero-order valence-corrected chi connectivity index (χ0v) is 13.7. The van der Waals surface area contributed by atoms with Gasteiger partial charge in [0, 0.05) is 23.7 Å². The molecule has 0 aliphatic heterocycles. The molecule has 116 valence electrons.